The first-order valence-electron chi connectivity index (χ1n) is 7.40. The fourth-order valence-corrected chi connectivity index (χ4v) is 2.10. The Labute approximate surface area is 131 Å². The molecule has 0 spiro atoms. The summed E-state index contributed by atoms with van der Waals surface area (Å²) in [6.07, 6.45) is 0. The normalized spacial score (nSPS) is 10.6. The number of benzene rings is 1. The highest BCUT2D eigenvalue weighted by atomic mass is 16.1. The maximum absolute atomic E-state index is 12.0. The maximum atomic E-state index is 12.0. The van der Waals surface area contributed by atoms with Crippen LogP contribution in [0.15, 0.2) is 30.3 Å². The molecule has 0 saturated carbocycles. The Balaban J connectivity index is 2.11. The number of anilines is 1. The Morgan fingerprint density at radius 1 is 1.18 bits per heavy atom. The minimum absolute atomic E-state index is 0.0754. The van der Waals surface area contributed by atoms with Crippen molar-refractivity contribution in [2.75, 3.05) is 5.32 Å². The van der Waals surface area contributed by atoms with Crippen molar-refractivity contribution in [3.05, 3.63) is 52.8 Å². The van der Waals surface area contributed by atoms with Crippen LogP contribution in [0.2, 0.25) is 0 Å². The van der Waals surface area contributed by atoms with Crippen molar-refractivity contribution >= 4 is 11.9 Å². The van der Waals surface area contributed by atoms with E-state index in [4.69, 9.17) is 0 Å². The molecule has 0 saturated heterocycles. The summed E-state index contributed by atoms with van der Waals surface area (Å²) in [7, 11) is 0. The number of nitrogens with zero attached hydrogens (tertiary/aromatic N) is 2. The Morgan fingerprint density at radius 3 is 2.64 bits per heavy atom. The summed E-state index contributed by atoms with van der Waals surface area (Å²) in [5.74, 6) is 0.287. The summed E-state index contributed by atoms with van der Waals surface area (Å²) in [5, 5.41) is 6.01. The molecule has 0 radical (unpaired) electrons. The van der Waals surface area contributed by atoms with Crippen LogP contribution in [0.25, 0.3) is 0 Å². The number of nitrogens with one attached hydrogen (secondary N) is 2. The summed E-state index contributed by atoms with van der Waals surface area (Å²) in [4.78, 5) is 20.7. The third kappa shape index (κ3) is 4.55. The second-order valence-electron chi connectivity index (χ2n) is 5.69. The fraction of sp³-hybridized carbons (Fsp3) is 0.353. The molecule has 0 aliphatic heterocycles. The smallest absolute Gasteiger partial charge is 0.270 e. The number of rotatable bonds is 5. The highest BCUT2D eigenvalue weighted by Gasteiger charge is 2.11. The Morgan fingerprint density at radius 2 is 1.95 bits per heavy atom. The molecule has 1 aromatic carbocycles. The summed E-state index contributed by atoms with van der Waals surface area (Å²) in [6, 6.07) is 9.99. The van der Waals surface area contributed by atoms with E-state index < -0.39 is 0 Å². The zero-order valence-electron chi connectivity index (χ0n) is 13.5. The highest BCUT2D eigenvalue weighted by molar-refractivity contribution is 5.92. The quantitative estimate of drug-likeness (QED) is 0.890. The summed E-state index contributed by atoms with van der Waals surface area (Å²) >= 11 is 0. The van der Waals surface area contributed by atoms with Crippen molar-refractivity contribution in [3.8, 4) is 0 Å². The lowest BCUT2D eigenvalue weighted by Crippen LogP contribution is -2.31. The maximum Gasteiger partial charge on any atom is 0.270 e. The van der Waals surface area contributed by atoms with E-state index in [1.165, 1.54) is 5.56 Å². The van der Waals surface area contributed by atoms with Crippen molar-refractivity contribution in [1.29, 1.82) is 0 Å². The molecule has 0 fully saturated rings. The molecule has 1 amide bonds. The van der Waals surface area contributed by atoms with Crippen molar-refractivity contribution < 1.29 is 4.79 Å². The van der Waals surface area contributed by atoms with Gasteiger partial charge in [0.15, 0.2) is 0 Å². The van der Waals surface area contributed by atoms with E-state index in [-0.39, 0.29) is 11.9 Å². The van der Waals surface area contributed by atoms with Gasteiger partial charge in [-0.05, 0) is 39.3 Å². The van der Waals surface area contributed by atoms with Gasteiger partial charge in [0.05, 0.1) is 0 Å². The molecule has 5 heteroatoms. The van der Waals surface area contributed by atoms with Gasteiger partial charge in [-0.3, -0.25) is 4.79 Å². The zero-order valence-corrected chi connectivity index (χ0v) is 13.5. The van der Waals surface area contributed by atoms with Crippen molar-refractivity contribution in [2.24, 2.45) is 0 Å². The van der Waals surface area contributed by atoms with E-state index in [1.807, 2.05) is 32.9 Å². The third-order valence-electron chi connectivity index (χ3n) is 3.04. The summed E-state index contributed by atoms with van der Waals surface area (Å²) in [6.45, 7) is 8.37. The standard InChI is InChI=1S/C17H22N4O/c1-11(2)19-16(22)15-9-13(4)20-17(21-15)18-10-14-7-5-6-12(3)8-14/h5-9,11H,10H2,1-4H3,(H,19,22)(H,18,20,21). The van der Waals surface area contributed by atoms with Gasteiger partial charge in [0.2, 0.25) is 5.95 Å². The van der Waals surface area contributed by atoms with Gasteiger partial charge in [0.1, 0.15) is 5.69 Å². The van der Waals surface area contributed by atoms with Crippen molar-refractivity contribution in [2.45, 2.75) is 40.3 Å². The second-order valence-corrected chi connectivity index (χ2v) is 5.69. The number of aryl methyl sites for hydroxylation is 2. The number of carbonyl (C=O) groups is 1. The average Bonchev–Trinajstić information content (AvgIpc) is 2.44. The SMILES string of the molecule is Cc1cccc(CNc2nc(C)cc(C(=O)NC(C)C)n2)c1. The highest BCUT2D eigenvalue weighted by Crippen LogP contribution is 2.09. The first kappa shape index (κ1) is 15.9. The molecule has 0 bridgehead atoms. The van der Waals surface area contributed by atoms with E-state index in [9.17, 15) is 4.79 Å². The summed E-state index contributed by atoms with van der Waals surface area (Å²) < 4.78 is 0. The predicted octanol–water partition coefficient (Wildman–Crippen LogP) is 2.84. The van der Waals surface area contributed by atoms with E-state index in [2.05, 4.69) is 39.7 Å². The van der Waals surface area contributed by atoms with E-state index in [0.29, 0.717) is 18.2 Å². The van der Waals surface area contributed by atoms with Gasteiger partial charge in [0.25, 0.3) is 5.91 Å². The van der Waals surface area contributed by atoms with Gasteiger partial charge in [-0.1, -0.05) is 29.8 Å². The molecule has 1 heterocycles. The molecular weight excluding hydrogens is 276 g/mol. The Kier molecular flexibility index (Phi) is 5.09. The lowest BCUT2D eigenvalue weighted by atomic mass is 10.1. The van der Waals surface area contributed by atoms with Gasteiger partial charge >= 0.3 is 0 Å². The van der Waals surface area contributed by atoms with Crippen LogP contribution in [0, 0.1) is 13.8 Å². The lowest BCUT2D eigenvalue weighted by Gasteiger charge is -2.10. The molecule has 116 valence electrons. The first-order chi connectivity index (χ1) is 10.4. The van der Waals surface area contributed by atoms with Crippen LogP contribution in [0.1, 0.15) is 41.2 Å². The van der Waals surface area contributed by atoms with E-state index in [1.54, 1.807) is 6.07 Å². The molecule has 0 atom stereocenters. The number of amides is 1. The van der Waals surface area contributed by atoms with Crippen molar-refractivity contribution in [1.82, 2.24) is 15.3 Å². The van der Waals surface area contributed by atoms with Crippen LogP contribution in [0.5, 0.6) is 0 Å². The largest absolute Gasteiger partial charge is 0.350 e. The van der Waals surface area contributed by atoms with E-state index in [0.717, 1.165) is 11.3 Å². The molecular formula is C17H22N4O. The topological polar surface area (TPSA) is 66.9 Å². The van der Waals surface area contributed by atoms with Gasteiger partial charge in [-0.15, -0.1) is 0 Å². The minimum Gasteiger partial charge on any atom is -0.350 e. The minimum atomic E-state index is -0.181. The molecule has 1 aromatic heterocycles. The van der Waals surface area contributed by atoms with Gasteiger partial charge in [0, 0.05) is 18.3 Å². The van der Waals surface area contributed by atoms with Gasteiger partial charge in [-0.2, -0.15) is 0 Å². The van der Waals surface area contributed by atoms with E-state index >= 15 is 0 Å². The van der Waals surface area contributed by atoms with Crippen LogP contribution >= 0.6 is 0 Å². The second kappa shape index (κ2) is 7.02. The number of carbonyl (C=O) groups excluding carboxylic acids is 1. The molecule has 0 aliphatic rings. The van der Waals surface area contributed by atoms with Gasteiger partial charge < -0.3 is 10.6 Å². The van der Waals surface area contributed by atoms with Crippen LogP contribution < -0.4 is 10.6 Å². The predicted molar refractivity (Wildman–Crippen MR) is 87.9 cm³/mol. The zero-order chi connectivity index (χ0) is 16.1. The molecule has 2 aromatic rings. The molecule has 2 N–H and O–H groups in total. The molecule has 0 aliphatic carbocycles. The fourth-order valence-electron chi connectivity index (χ4n) is 2.10. The molecule has 5 nitrogen and oxygen atoms in total. The molecule has 2 rings (SSSR count). The lowest BCUT2D eigenvalue weighted by molar-refractivity contribution is 0.0938. The van der Waals surface area contributed by atoms with Crippen LogP contribution in [-0.4, -0.2) is 21.9 Å². The van der Waals surface area contributed by atoms with Crippen molar-refractivity contribution in [3.63, 3.8) is 0 Å². The summed E-state index contributed by atoms with van der Waals surface area (Å²) in [5.41, 5.74) is 3.50. The first-order valence-corrected chi connectivity index (χ1v) is 7.40. The number of hydrogen-bond donors (Lipinski definition) is 2. The van der Waals surface area contributed by atoms with Crippen LogP contribution in [0.3, 0.4) is 0 Å². The Bertz CT molecular complexity index is 667. The van der Waals surface area contributed by atoms with Gasteiger partial charge in [-0.25, -0.2) is 9.97 Å². The molecule has 0 unspecified atom stereocenters. The molecule has 22 heavy (non-hydrogen) atoms. The third-order valence-corrected chi connectivity index (χ3v) is 3.04. The monoisotopic (exact) mass is 298 g/mol. The van der Waals surface area contributed by atoms with Crippen LogP contribution in [0.4, 0.5) is 5.95 Å². The Hall–Kier alpha value is -2.43. The van der Waals surface area contributed by atoms with Crippen LogP contribution in [-0.2, 0) is 6.54 Å². The number of hydrogen-bond acceptors (Lipinski definition) is 4. The number of aromatic nitrogens is 2. The average molecular weight is 298 g/mol.